The monoisotopic (exact) mass is 179 g/mol. The molecule has 1 aromatic heterocycles. The van der Waals surface area contributed by atoms with E-state index in [9.17, 15) is 4.79 Å². The minimum absolute atomic E-state index is 0.197. The second-order valence-corrected chi connectivity index (χ2v) is 3.52. The first-order chi connectivity index (χ1) is 6.20. The van der Waals surface area contributed by atoms with E-state index in [0.29, 0.717) is 13.0 Å². The lowest BCUT2D eigenvalue weighted by Gasteiger charge is -2.30. The molecule has 0 radical (unpaired) electrons. The van der Waals surface area contributed by atoms with E-state index in [1.54, 1.807) is 11.1 Å². The molecule has 4 nitrogen and oxygen atoms in total. The van der Waals surface area contributed by atoms with Gasteiger partial charge in [-0.1, -0.05) is 0 Å². The Kier molecular flexibility index (Phi) is 1.83. The van der Waals surface area contributed by atoms with E-state index in [2.05, 4.69) is 5.10 Å². The van der Waals surface area contributed by atoms with Crippen molar-refractivity contribution in [3.8, 4) is 0 Å². The molecule has 1 aliphatic rings. The SMILES string of the molecule is CC(C)N1C(=O)CCn2nccc21. The van der Waals surface area contributed by atoms with Crippen molar-refractivity contribution in [1.82, 2.24) is 9.78 Å². The standard InChI is InChI=1S/C9H13N3O/c1-7(2)12-8-3-5-10-11(8)6-4-9(12)13/h3,5,7H,4,6H2,1-2H3. The Balaban J connectivity index is 2.42. The molecule has 2 rings (SSSR count). The first kappa shape index (κ1) is 8.29. The number of carbonyl (C=O) groups is 1. The second-order valence-electron chi connectivity index (χ2n) is 3.52. The van der Waals surface area contributed by atoms with Crippen molar-refractivity contribution in [3.05, 3.63) is 12.3 Å². The molecular formula is C9H13N3O. The molecule has 70 valence electrons. The summed E-state index contributed by atoms with van der Waals surface area (Å²) < 4.78 is 1.88. The molecule has 4 heteroatoms. The van der Waals surface area contributed by atoms with Gasteiger partial charge >= 0.3 is 0 Å². The van der Waals surface area contributed by atoms with Crippen molar-refractivity contribution < 1.29 is 4.79 Å². The smallest absolute Gasteiger partial charge is 0.230 e. The summed E-state index contributed by atoms with van der Waals surface area (Å²) in [6, 6.07) is 2.10. The average Bonchev–Trinajstić information content (AvgIpc) is 2.50. The molecule has 0 saturated heterocycles. The van der Waals surface area contributed by atoms with Crippen molar-refractivity contribution in [3.63, 3.8) is 0 Å². The van der Waals surface area contributed by atoms with E-state index in [1.807, 2.05) is 24.6 Å². The number of carbonyl (C=O) groups excluding carboxylic acids is 1. The lowest BCUT2D eigenvalue weighted by Crippen LogP contribution is -2.42. The number of rotatable bonds is 1. The number of hydrogen-bond donors (Lipinski definition) is 0. The van der Waals surface area contributed by atoms with Gasteiger partial charge in [0.05, 0.1) is 12.7 Å². The number of amides is 1. The second kappa shape index (κ2) is 2.87. The predicted molar refractivity (Wildman–Crippen MR) is 49.5 cm³/mol. The van der Waals surface area contributed by atoms with Gasteiger partial charge in [-0.3, -0.25) is 9.69 Å². The Hall–Kier alpha value is -1.32. The van der Waals surface area contributed by atoms with Gasteiger partial charge in [-0.2, -0.15) is 5.10 Å². The third-order valence-corrected chi connectivity index (χ3v) is 2.26. The number of aromatic nitrogens is 2. The number of aryl methyl sites for hydroxylation is 1. The molecule has 0 aromatic carbocycles. The molecule has 0 N–H and O–H groups in total. The highest BCUT2D eigenvalue weighted by atomic mass is 16.2. The highest BCUT2D eigenvalue weighted by molar-refractivity contribution is 5.94. The van der Waals surface area contributed by atoms with Gasteiger partial charge < -0.3 is 0 Å². The summed E-state index contributed by atoms with van der Waals surface area (Å²) in [5.74, 6) is 1.12. The van der Waals surface area contributed by atoms with Crippen LogP contribution in [-0.4, -0.2) is 21.7 Å². The van der Waals surface area contributed by atoms with Crippen LogP contribution in [0.15, 0.2) is 12.3 Å². The Bertz CT molecular complexity index is 329. The summed E-state index contributed by atoms with van der Waals surface area (Å²) >= 11 is 0. The van der Waals surface area contributed by atoms with Crippen LogP contribution in [0.2, 0.25) is 0 Å². The number of anilines is 1. The van der Waals surface area contributed by atoms with E-state index in [4.69, 9.17) is 0 Å². The lowest BCUT2D eigenvalue weighted by molar-refractivity contribution is -0.119. The van der Waals surface area contributed by atoms with Crippen LogP contribution in [0.1, 0.15) is 20.3 Å². The van der Waals surface area contributed by atoms with Gasteiger partial charge in [0, 0.05) is 18.5 Å². The summed E-state index contributed by atoms with van der Waals surface area (Å²) in [5.41, 5.74) is 0. The van der Waals surface area contributed by atoms with E-state index >= 15 is 0 Å². The highest BCUT2D eigenvalue weighted by Gasteiger charge is 2.26. The molecular weight excluding hydrogens is 166 g/mol. The van der Waals surface area contributed by atoms with Crippen molar-refractivity contribution in [2.75, 3.05) is 4.90 Å². The fraction of sp³-hybridized carbons (Fsp3) is 0.556. The molecule has 0 bridgehead atoms. The minimum Gasteiger partial charge on any atom is -0.294 e. The Morgan fingerprint density at radius 1 is 1.54 bits per heavy atom. The summed E-state index contributed by atoms with van der Waals surface area (Å²) in [4.78, 5) is 13.4. The molecule has 0 saturated carbocycles. The zero-order valence-corrected chi connectivity index (χ0v) is 7.90. The highest BCUT2D eigenvalue weighted by Crippen LogP contribution is 2.22. The van der Waals surface area contributed by atoms with Crippen LogP contribution in [0.4, 0.5) is 5.82 Å². The number of nitrogens with zero attached hydrogens (tertiary/aromatic N) is 3. The molecule has 0 fully saturated rings. The molecule has 1 aliphatic heterocycles. The van der Waals surface area contributed by atoms with Gasteiger partial charge in [-0.15, -0.1) is 0 Å². The Labute approximate surface area is 77.1 Å². The first-order valence-corrected chi connectivity index (χ1v) is 4.54. The van der Waals surface area contributed by atoms with E-state index in [1.165, 1.54) is 0 Å². The molecule has 0 aliphatic carbocycles. The van der Waals surface area contributed by atoms with E-state index < -0.39 is 0 Å². The number of hydrogen-bond acceptors (Lipinski definition) is 2. The molecule has 2 heterocycles. The van der Waals surface area contributed by atoms with Crippen molar-refractivity contribution >= 4 is 11.7 Å². The molecule has 1 aromatic rings. The van der Waals surface area contributed by atoms with Crippen molar-refractivity contribution in [2.45, 2.75) is 32.9 Å². The van der Waals surface area contributed by atoms with Crippen LogP contribution >= 0.6 is 0 Å². The summed E-state index contributed by atoms with van der Waals surface area (Å²) in [6.07, 6.45) is 2.30. The Morgan fingerprint density at radius 2 is 2.31 bits per heavy atom. The minimum atomic E-state index is 0.197. The van der Waals surface area contributed by atoms with E-state index in [-0.39, 0.29) is 11.9 Å². The van der Waals surface area contributed by atoms with Gasteiger partial charge in [0.2, 0.25) is 5.91 Å². The first-order valence-electron chi connectivity index (χ1n) is 4.54. The average molecular weight is 179 g/mol. The normalized spacial score (nSPS) is 16.5. The van der Waals surface area contributed by atoms with Gasteiger partial charge in [0.25, 0.3) is 0 Å². The van der Waals surface area contributed by atoms with Crippen molar-refractivity contribution in [1.29, 1.82) is 0 Å². The maximum atomic E-state index is 11.6. The third-order valence-electron chi connectivity index (χ3n) is 2.26. The third kappa shape index (κ3) is 1.22. The fourth-order valence-electron chi connectivity index (χ4n) is 1.70. The summed E-state index contributed by atoms with van der Waals surface area (Å²) in [6.45, 7) is 4.74. The molecule has 0 atom stereocenters. The molecule has 13 heavy (non-hydrogen) atoms. The lowest BCUT2D eigenvalue weighted by atomic mass is 10.2. The van der Waals surface area contributed by atoms with Crippen LogP contribution in [0.5, 0.6) is 0 Å². The van der Waals surface area contributed by atoms with Gasteiger partial charge in [-0.25, -0.2) is 4.68 Å². The van der Waals surface area contributed by atoms with Crippen molar-refractivity contribution in [2.24, 2.45) is 0 Å². The maximum Gasteiger partial charge on any atom is 0.230 e. The predicted octanol–water partition coefficient (Wildman–Crippen LogP) is 1.03. The largest absolute Gasteiger partial charge is 0.294 e. The quantitative estimate of drug-likeness (QED) is 0.645. The zero-order chi connectivity index (χ0) is 9.42. The zero-order valence-electron chi connectivity index (χ0n) is 7.90. The van der Waals surface area contributed by atoms with Crippen LogP contribution in [0.25, 0.3) is 0 Å². The van der Waals surface area contributed by atoms with Crippen LogP contribution in [-0.2, 0) is 11.3 Å². The Morgan fingerprint density at radius 3 is 3.00 bits per heavy atom. The van der Waals surface area contributed by atoms with Gasteiger partial charge in [0.1, 0.15) is 5.82 Å². The van der Waals surface area contributed by atoms with E-state index in [0.717, 1.165) is 5.82 Å². The summed E-state index contributed by atoms with van der Waals surface area (Å²) in [5, 5.41) is 4.15. The topological polar surface area (TPSA) is 38.1 Å². The maximum absolute atomic E-state index is 11.6. The fourth-order valence-corrected chi connectivity index (χ4v) is 1.70. The molecule has 1 amide bonds. The van der Waals surface area contributed by atoms with Gasteiger partial charge in [0.15, 0.2) is 0 Å². The van der Waals surface area contributed by atoms with Crippen LogP contribution in [0, 0.1) is 0 Å². The van der Waals surface area contributed by atoms with Gasteiger partial charge in [-0.05, 0) is 13.8 Å². The van der Waals surface area contributed by atoms with Crippen LogP contribution in [0.3, 0.4) is 0 Å². The summed E-state index contributed by atoms with van der Waals surface area (Å²) in [7, 11) is 0. The molecule has 0 spiro atoms. The van der Waals surface area contributed by atoms with Crippen LogP contribution < -0.4 is 4.90 Å². The molecule has 0 unspecified atom stereocenters. The number of fused-ring (bicyclic) bond motifs is 1.